The number of halogens is 1. The lowest BCUT2D eigenvalue weighted by Gasteiger charge is -2.31. The largest absolute Gasteiger partial charge is 0.317 e. The Bertz CT molecular complexity index is 788. The van der Waals surface area contributed by atoms with E-state index in [-0.39, 0.29) is 12.4 Å². The molecule has 2 aromatic rings. The molecule has 0 aromatic heterocycles. The molecule has 0 saturated carbocycles. The molecule has 26 heavy (non-hydrogen) atoms. The van der Waals surface area contributed by atoms with Gasteiger partial charge in [-0.3, -0.25) is 0 Å². The van der Waals surface area contributed by atoms with E-state index in [0.29, 0.717) is 23.9 Å². The lowest BCUT2D eigenvalue weighted by Crippen LogP contribution is -2.40. The van der Waals surface area contributed by atoms with Gasteiger partial charge in [-0.1, -0.05) is 49.4 Å². The summed E-state index contributed by atoms with van der Waals surface area (Å²) in [6, 6.07) is 17.2. The highest BCUT2D eigenvalue weighted by Crippen LogP contribution is 2.27. The normalized spacial score (nSPS) is 16.2. The van der Waals surface area contributed by atoms with Crippen LogP contribution >= 0.6 is 12.4 Å². The number of hydrogen-bond donors (Lipinski definition) is 1. The van der Waals surface area contributed by atoms with E-state index in [1.54, 1.807) is 16.4 Å². The van der Waals surface area contributed by atoms with Gasteiger partial charge in [-0.25, -0.2) is 8.42 Å². The van der Waals surface area contributed by atoms with Crippen molar-refractivity contribution in [1.29, 1.82) is 0 Å². The lowest BCUT2D eigenvalue weighted by molar-refractivity contribution is 0.268. The van der Waals surface area contributed by atoms with Gasteiger partial charge in [-0.2, -0.15) is 4.31 Å². The van der Waals surface area contributed by atoms with Gasteiger partial charge in [0.1, 0.15) is 0 Å². The Morgan fingerprint density at radius 1 is 1.00 bits per heavy atom. The zero-order chi connectivity index (χ0) is 17.7. The van der Waals surface area contributed by atoms with Gasteiger partial charge in [0, 0.05) is 13.1 Å². The van der Waals surface area contributed by atoms with Crippen LogP contribution in [0.5, 0.6) is 0 Å². The average Bonchev–Trinajstić information content (AvgIpc) is 2.67. The molecule has 1 heterocycles. The van der Waals surface area contributed by atoms with E-state index >= 15 is 0 Å². The smallest absolute Gasteiger partial charge is 0.243 e. The quantitative estimate of drug-likeness (QED) is 0.810. The Kier molecular flexibility index (Phi) is 7.65. The molecule has 4 nitrogen and oxygen atoms in total. The molecule has 0 radical (unpaired) electrons. The summed E-state index contributed by atoms with van der Waals surface area (Å²) in [5.41, 5.74) is 1.97. The third-order valence-electron chi connectivity index (χ3n) is 4.84. The summed E-state index contributed by atoms with van der Waals surface area (Å²) < 4.78 is 27.6. The predicted octanol–water partition coefficient (Wildman–Crippen LogP) is 3.79. The Labute approximate surface area is 163 Å². The first-order chi connectivity index (χ1) is 12.1. The van der Waals surface area contributed by atoms with Gasteiger partial charge < -0.3 is 5.32 Å². The van der Waals surface area contributed by atoms with Crippen molar-refractivity contribution in [1.82, 2.24) is 9.62 Å². The van der Waals surface area contributed by atoms with Crippen molar-refractivity contribution in [2.75, 3.05) is 26.2 Å². The van der Waals surface area contributed by atoms with Gasteiger partial charge in [0.25, 0.3) is 0 Å². The zero-order valence-corrected chi connectivity index (χ0v) is 16.7. The summed E-state index contributed by atoms with van der Waals surface area (Å²) >= 11 is 0. The van der Waals surface area contributed by atoms with Gasteiger partial charge in [0.2, 0.25) is 10.0 Å². The maximum Gasteiger partial charge on any atom is 0.243 e. The lowest BCUT2D eigenvalue weighted by atomic mass is 9.98. The van der Waals surface area contributed by atoms with Gasteiger partial charge in [-0.15, -0.1) is 12.4 Å². The summed E-state index contributed by atoms with van der Waals surface area (Å²) in [7, 11) is -3.42. The van der Waals surface area contributed by atoms with Crippen LogP contribution in [-0.4, -0.2) is 38.9 Å². The first kappa shape index (κ1) is 20.9. The molecule has 0 unspecified atom stereocenters. The molecule has 6 heteroatoms. The Balaban J connectivity index is 0.00000243. The molecular weight excluding hydrogens is 368 g/mol. The van der Waals surface area contributed by atoms with Crippen molar-refractivity contribution in [3.05, 3.63) is 54.6 Å². The van der Waals surface area contributed by atoms with Crippen LogP contribution in [0.15, 0.2) is 59.5 Å². The summed E-state index contributed by atoms with van der Waals surface area (Å²) in [5, 5.41) is 3.36. The van der Waals surface area contributed by atoms with E-state index < -0.39 is 10.0 Å². The fourth-order valence-corrected chi connectivity index (χ4v) is 4.83. The second-order valence-electron chi connectivity index (χ2n) is 6.55. The van der Waals surface area contributed by atoms with Gasteiger partial charge in [-0.05, 0) is 55.1 Å². The molecule has 0 amide bonds. The summed E-state index contributed by atoms with van der Waals surface area (Å²) in [5.74, 6) is 0.571. The van der Waals surface area contributed by atoms with Crippen LogP contribution in [0.1, 0.15) is 19.8 Å². The van der Waals surface area contributed by atoms with Crippen LogP contribution in [0.4, 0.5) is 0 Å². The third-order valence-corrected chi connectivity index (χ3v) is 6.73. The topological polar surface area (TPSA) is 49.4 Å². The van der Waals surface area contributed by atoms with Crippen LogP contribution < -0.4 is 5.32 Å². The monoisotopic (exact) mass is 394 g/mol. The number of nitrogens with zero attached hydrogens (tertiary/aromatic N) is 1. The third kappa shape index (κ3) is 4.86. The Morgan fingerprint density at radius 3 is 2.31 bits per heavy atom. The van der Waals surface area contributed by atoms with Crippen LogP contribution in [0.3, 0.4) is 0 Å². The molecule has 0 atom stereocenters. The summed E-state index contributed by atoms with van der Waals surface area (Å²) in [4.78, 5) is 0.388. The van der Waals surface area contributed by atoms with Crippen LogP contribution in [-0.2, 0) is 10.0 Å². The fourth-order valence-electron chi connectivity index (χ4n) is 3.32. The predicted molar refractivity (Wildman–Crippen MR) is 109 cm³/mol. The first-order valence-corrected chi connectivity index (χ1v) is 10.4. The number of rotatable bonds is 6. The standard InChI is InChI=1S/C20H26N2O2S.ClH/c1-2-21-16-17-11-13-22(14-12-17)25(23,24)20-10-6-9-19(15-20)18-7-4-3-5-8-18;/h3-10,15,17,21H,2,11-14,16H2,1H3;1H. The van der Waals surface area contributed by atoms with E-state index in [2.05, 4.69) is 12.2 Å². The molecule has 2 aromatic carbocycles. The van der Waals surface area contributed by atoms with Crippen LogP contribution in [0.25, 0.3) is 11.1 Å². The van der Waals surface area contributed by atoms with E-state index in [1.807, 2.05) is 42.5 Å². The molecule has 1 aliphatic heterocycles. The fraction of sp³-hybridized carbons (Fsp3) is 0.400. The minimum absolute atomic E-state index is 0. The number of piperidine rings is 1. The SMILES string of the molecule is CCNCC1CCN(S(=O)(=O)c2cccc(-c3ccccc3)c2)CC1.Cl. The summed E-state index contributed by atoms with van der Waals surface area (Å²) in [6.45, 7) is 5.25. The van der Waals surface area contributed by atoms with Crippen LogP contribution in [0.2, 0.25) is 0 Å². The average molecular weight is 395 g/mol. The van der Waals surface area contributed by atoms with E-state index in [1.165, 1.54) is 0 Å². The molecule has 1 N–H and O–H groups in total. The van der Waals surface area contributed by atoms with Crippen molar-refractivity contribution in [2.45, 2.75) is 24.7 Å². The minimum atomic E-state index is -3.42. The maximum atomic E-state index is 13.0. The van der Waals surface area contributed by atoms with E-state index in [4.69, 9.17) is 0 Å². The van der Waals surface area contributed by atoms with Crippen molar-refractivity contribution in [2.24, 2.45) is 5.92 Å². The highest BCUT2D eigenvalue weighted by molar-refractivity contribution is 7.89. The van der Waals surface area contributed by atoms with Gasteiger partial charge >= 0.3 is 0 Å². The molecule has 3 rings (SSSR count). The van der Waals surface area contributed by atoms with Crippen molar-refractivity contribution < 1.29 is 8.42 Å². The van der Waals surface area contributed by atoms with Crippen molar-refractivity contribution >= 4 is 22.4 Å². The molecular formula is C20H27ClN2O2S. The maximum absolute atomic E-state index is 13.0. The molecule has 142 valence electrons. The number of benzene rings is 2. The van der Waals surface area contributed by atoms with Crippen molar-refractivity contribution in [3.63, 3.8) is 0 Å². The molecule has 1 aliphatic rings. The molecule has 0 spiro atoms. The minimum Gasteiger partial charge on any atom is -0.317 e. The zero-order valence-electron chi connectivity index (χ0n) is 15.1. The molecule has 0 bridgehead atoms. The summed E-state index contributed by atoms with van der Waals surface area (Å²) in [6.07, 6.45) is 1.84. The first-order valence-electron chi connectivity index (χ1n) is 8.97. The highest BCUT2D eigenvalue weighted by atomic mass is 35.5. The second kappa shape index (κ2) is 9.51. The molecule has 1 saturated heterocycles. The van der Waals surface area contributed by atoms with Gasteiger partial charge in [0.15, 0.2) is 0 Å². The van der Waals surface area contributed by atoms with Crippen molar-refractivity contribution in [3.8, 4) is 11.1 Å². The molecule has 1 fully saturated rings. The Morgan fingerprint density at radius 2 is 1.65 bits per heavy atom. The van der Waals surface area contributed by atoms with E-state index in [0.717, 1.165) is 37.1 Å². The number of nitrogens with one attached hydrogen (secondary N) is 1. The van der Waals surface area contributed by atoms with Crippen LogP contribution in [0, 0.1) is 5.92 Å². The molecule has 0 aliphatic carbocycles. The number of hydrogen-bond acceptors (Lipinski definition) is 3. The second-order valence-corrected chi connectivity index (χ2v) is 8.49. The number of sulfonamides is 1. The highest BCUT2D eigenvalue weighted by Gasteiger charge is 2.29. The van der Waals surface area contributed by atoms with Gasteiger partial charge in [0.05, 0.1) is 4.90 Å². The Hall–Kier alpha value is -1.40. The van der Waals surface area contributed by atoms with E-state index in [9.17, 15) is 8.42 Å².